The third kappa shape index (κ3) is 2.71. The average molecular weight is 218 g/mol. The summed E-state index contributed by atoms with van der Waals surface area (Å²) in [5.74, 6) is -3.50. The Labute approximate surface area is 84.7 Å². The second-order valence-electron chi connectivity index (χ2n) is 2.91. The van der Waals surface area contributed by atoms with Crippen LogP contribution in [0, 0.1) is 0 Å². The fraction of sp³-hybridized carbons (Fsp3) is 0.300. The van der Waals surface area contributed by atoms with Gasteiger partial charge in [0.05, 0.1) is 7.11 Å². The lowest BCUT2D eigenvalue weighted by Crippen LogP contribution is -2.29. The van der Waals surface area contributed by atoms with Crippen molar-refractivity contribution >= 4 is 5.97 Å². The monoisotopic (exact) mass is 218 g/mol. The predicted octanol–water partition coefficient (Wildman–Crippen LogP) is 2.51. The van der Waals surface area contributed by atoms with Crippen molar-refractivity contribution in [3.8, 4) is 0 Å². The average Bonchev–Trinajstić information content (AvgIpc) is 2.17. The van der Waals surface area contributed by atoms with Gasteiger partial charge >= 0.3 is 12.1 Å². The molecular formula is C10H9F3O2. The van der Waals surface area contributed by atoms with E-state index in [4.69, 9.17) is 0 Å². The number of rotatable bonds is 2. The second-order valence-corrected chi connectivity index (χ2v) is 2.91. The molecule has 2 nitrogen and oxygen atoms in total. The lowest BCUT2D eigenvalue weighted by molar-refractivity contribution is -0.179. The Kier molecular flexibility index (Phi) is 3.34. The summed E-state index contributed by atoms with van der Waals surface area (Å²) in [5, 5.41) is 0. The van der Waals surface area contributed by atoms with Gasteiger partial charge < -0.3 is 4.74 Å². The zero-order valence-corrected chi connectivity index (χ0v) is 7.91. The smallest absolute Gasteiger partial charge is 0.406 e. The summed E-state index contributed by atoms with van der Waals surface area (Å²) in [4.78, 5) is 11.0. The van der Waals surface area contributed by atoms with Crippen molar-refractivity contribution in [2.75, 3.05) is 7.11 Å². The summed E-state index contributed by atoms with van der Waals surface area (Å²) in [6, 6.07) is 6.95. The number of benzene rings is 1. The fourth-order valence-corrected chi connectivity index (χ4v) is 1.22. The summed E-state index contributed by atoms with van der Waals surface area (Å²) < 4.78 is 41.8. The number of methoxy groups -OCH3 is 1. The molecular weight excluding hydrogens is 209 g/mol. The first-order valence-electron chi connectivity index (χ1n) is 4.16. The molecule has 15 heavy (non-hydrogen) atoms. The van der Waals surface area contributed by atoms with E-state index in [9.17, 15) is 18.0 Å². The molecule has 1 aromatic rings. The molecule has 0 bridgehead atoms. The van der Waals surface area contributed by atoms with E-state index in [1.165, 1.54) is 24.3 Å². The molecule has 0 unspecified atom stereocenters. The van der Waals surface area contributed by atoms with Crippen LogP contribution in [0.15, 0.2) is 30.3 Å². The van der Waals surface area contributed by atoms with E-state index in [-0.39, 0.29) is 5.56 Å². The van der Waals surface area contributed by atoms with E-state index >= 15 is 0 Å². The quantitative estimate of drug-likeness (QED) is 0.713. The molecule has 82 valence electrons. The minimum absolute atomic E-state index is 0.114. The maximum Gasteiger partial charge on any atom is 0.406 e. The Morgan fingerprint density at radius 2 is 1.80 bits per heavy atom. The lowest BCUT2D eigenvalue weighted by Gasteiger charge is -2.17. The van der Waals surface area contributed by atoms with Gasteiger partial charge in [-0.25, -0.2) is 0 Å². The van der Waals surface area contributed by atoms with Crippen molar-refractivity contribution in [2.45, 2.75) is 12.1 Å². The zero-order valence-electron chi connectivity index (χ0n) is 7.91. The number of carbonyl (C=O) groups excluding carboxylic acids is 1. The van der Waals surface area contributed by atoms with Crippen LogP contribution in [-0.4, -0.2) is 19.3 Å². The highest BCUT2D eigenvalue weighted by molar-refractivity contribution is 5.79. The molecule has 1 aromatic carbocycles. The predicted molar refractivity (Wildman–Crippen MR) is 47.3 cm³/mol. The van der Waals surface area contributed by atoms with E-state index in [0.717, 1.165) is 7.11 Å². The zero-order chi connectivity index (χ0) is 11.5. The van der Waals surface area contributed by atoms with Gasteiger partial charge in [0.15, 0.2) is 5.92 Å². The summed E-state index contributed by atoms with van der Waals surface area (Å²) in [7, 11) is 0.935. The molecule has 0 amide bonds. The number of alkyl halides is 3. The van der Waals surface area contributed by atoms with Gasteiger partial charge in [0.25, 0.3) is 0 Å². The maximum atomic E-state index is 12.5. The Morgan fingerprint density at radius 3 is 2.20 bits per heavy atom. The first-order valence-corrected chi connectivity index (χ1v) is 4.16. The molecule has 0 fully saturated rings. The minimum Gasteiger partial charge on any atom is -0.468 e. The minimum atomic E-state index is -4.63. The molecule has 0 aliphatic rings. The van der Waals surface area contributed by atoms with Gasteiger partial charge in [0.1, 0.15) is 0 Å². The molecule has 0 radical (unpaired) electrons. The highest BCUT2D eigenvalue weighted by atomic mass is 19.4. The normalized spacial score (nSPS) is 13.3. The van der Waals surface area contributed by atoms with Gasteiger partial charge in [-0.2, -0.15) is 13.2 Å². The van der Waals surface area contributed by atoms with Crippen molar-refractivity contribution in [3.05, 3.63) is 35.9 Å². The van der Waals surface area contributed by atoms with Crippen LogP contribution in [0.2, 0.25) is 0 Å². The number of carbonyl (C=O) groups is 1. The molecule has 1 rings (SSSR count). The van der Waals surface area contributed by atoms with E-state index < -0.39 is 18.1 Å². The van der Waals surface area contributed by atoms with Gasteiger partial charge in [0, 0.05) is 0 Å². The highest BCUT2D eigenvalue weighted by Gasteiger charge is 2.46. The molecule has 0 aliphatic heterocycles. The molecule has 0 saturated heterocycles. The Hall–Kier alpha value is -1.52. The fourth-order valence-electron chi connectivity index (χ4n) is 1.22. The summed E-state index contributed by atoms with van der Waals surface area (Å²) in [6.45, 7) is 0. The highest BCUT2D eigenvalue weighted by Crippen LogP contribution is 2.35. The third-order valence-electron chi connectivity index (χ3n) is 1.90. The Balaban J connectivity index is 3.08. The van der Waals surface area contributed by atoms with Gasteiger partial charge in [-0.3, -0.25) is 4.79 Å². The van der Waals surface area contributed by atoms with Gasteiger partial charge in [-0.15, -0.1) is 0 Å². The summed E-state index contributed by atoms with van der Waals surface area (Å²) in [5.41, 5.74) is -0.114. The van der Waals surface area contributed by atoms with E-state index in [1.54, 1.807) is 6.07 Å². The molecule has 0 aromatic heterocycles. The molecule has 0 saturated carbocycles. The molecule has 0 heterocycles. The van der Waals surface area contributed by atoms with Gasteiger partial charge in [0.2, 0.25) is 0 Å². The van der Waals surface area contributed by atoms with Crippen LogP contribution in [0.1, 0.15) is 11.5 Å². The molecule has 1 atom stereocenters. The molecule has 0 N–H and O–H groups in total. The van der Waals surface area contributed by atoms with Gasteiger partial charge in [-0.1, -0.05) is 30.3 Å². The van der Waals surface area contributed by atoms with E-state index in [0.29, 0.717) is 0 Å². The number of halogens is 3. The van der Waals surface area contributed by atoms with Crippen molar-refractivity contribution in [2.24, 2.45) is 0 Å². The van der Waals surface area contributed by atoms with Crippen LogP contribution in [0.4, 0.5) is 13.2 Å². The number of esters is 1. The molecule has 5 heteroatoms. The number of hydrogen-bond acceptors (Lipinski definition) is 2. The Morgan fingerprint density at radius 1 is 1.27 bits per heavy atom. The van der Waals surface area contributed by atoms with Crippen molar-refractivity contribution in [3.63, 3.8) is 0 Å². The first kappa shape index (κ1) is 11.6. The van der Waals surface area contributed by atoms with Crippen LogP contribution in [-0.2, 0) is 9.53 Å². The van der Waals surface area contributed by atoms with Crippen LogP contribution in [0.25, 0.3) is 0 Å². The number of hydrogen-bond donors (Lipinski definition) is 0. The maximum absolute atomic E-state index is 12.5. The largest absolute Gasteiger partial charge is 0.468 e. The third-order valence-corrected chi connectivity index (χ3v) is 1.90. The molecule has 0 spiro atoms. The molecule has 0 aliphatic carbocycles. The second kappa shape index (κ2) is 4.33. The van der Waals surface area contributed by atoms with Crippen LogP contribution < -0.4 is 0 Å². The number of ether oxygens (including phenoxy) is 1. The van der Waals surface area contributed by atoms with Crippen LogP contribution >= 0.6 is 0 Å². The standard InChI is InChI=1S/C10H9F3O2/c1-15-9(14)8(10(11,12)13)7-5-3-2-4-6-7/h2-6,8H,1H3/t8-/m0/s1. The van der Waals surface area contributed by atoms with Crippen molar-refractivity contribution in [1.29, 1.82) is 0 Å². The summed E-state index contributed by atoms with van der Waals surface area (Å²) >= 11 is 0. The lowest BCUT2D eigenvalue weighted by atomic mass is 9.99. The Bertz CT molecular complexity index is 332. The van der Waals surface area contributed by atoms with E-state index in [2.05, 4.69) is 4.74 Å². The SMILES string of the molecule is COC(=O)[C@H](c1ccccc1)C(F)(F)F. The summed E-state index contributed by atoms with van der Waals surface area (Å²) in [6.07, 6.45) is -4.63. The van der Waals surface area contributed by atoms with Crippen LogP contribution in [0.5, 0.6) is 0 Å². The van der Waals surface area contributed by atoms with Crippen LogP contribution in [0.3, 0.4) is 0 Å². The van der Waals surface area contributed by atoms with E-state index in [1.807, 2.05) is 0 Å². The first-order chi connectivity index (χ1) is 6.96. The van der Waals surface area contributed by atoms with Gasteiger partial charge in [-0.05, 0) is 5.56 Å². The van der Waals surface area contributed by atoms with Crippen molar-refractivity contribution in [1.82, 2.24) is 0 Å². The topological polar surface area (TPSA) is 26.3 Å². The van der Waals surface area contributed by atoms with Crippen molar-refractivity contribution < 1.29 is 22.7 Å².